The first-order chi connectivity index (χ1) is 7.96. The molecule has 0 aromatic carbocycles. The van der Waals surface area contributed by atoms with Crippen LogP contribution in [0.3, 0.4) is 0 Å². The Morgan fingerprint density at radius 1 is 1.53 bits per heavy atom. The van der Waals surface area contributed by atoms with Gasteiger partial charge in [0.2, 0.25) is 0 Å². The number of carbonyl (C=O) groups is 1. The highest BCUT2D eigenvalue weighted by Gasteiger charge is 2.40. The molecule has 2 atom stereocenters. The average Bonchev–Trinajstić information content (AvgIpc) is 2.95. The summed E-state index contributed by atoms with van der Waals surface area (Å²) in [5.74, 6) is 0.385. The topological polar surface area (TPSA) is 51.2 Å². The van der Waals surface area contributed by atoms with Gasteiger partial charge in [-0.05, 0) is 38.8 Å². The lowest BCUT2D eigenvalue weighted by Crippen LogP contribution is -2.34. The number of nitrogens with zero attached hydrogens (tertiary/aromatic N) is 1. The third kappa shape index (κ3) is 3.44. The van der Waals surface area contributed by atoms with Crippen molar-refractivity contribution in [2.24, 2.45) is 0 Å². The van der Waals surface area contributed by atoms with Crippen LogP contribution in [-0.4, -0.2) is 22.7 Å². The van der Waals surface area contributed by atoms with E-state index in [0.29, 0.717) is 5.92 Å². The molecule has 2 rings (SSSR count). The molecule has 92 valence electrons. The van der Waals surface area contributed by atoms with Gasteiger partial charge in [-0.2, -0.15) is 0 Å². The van der Waals surface area contributed by atoms with Crippen LogP contribution in [0.15, 0.2) is 24.5 Å². The fraction of sp³-hybridized carbons (Fsp3) is 0.538. The minimum Gasteiger partial charge on any atom is -0.444 e. The van der Waals surface area contributed by atoms with Crippen LogP contribution in [0.1, 0.15) is 38.7 Å². The van der Waals surface area contributed by atoms with Gasteiger partial charge in [-0.1, -0.05) is 6.07 Å². The Labute approximate surface area is 101 Å². The number of ether oxygens (including phenoxy) is 1. The van der Waals surface area contributed by atoms with E-state index in [1.807, 2.05) is 39.1 Å². The van der Waals surface area contributed by atoms with E-state index in [-0.39, 0.29) is 12.1 Å². The monoisotopic (exact) mass is 234 g/mol. The highest BCUT2D eigenvalue weighted by Crippen LogP contribution is 2.40. The molecule has 1 aromatic rings. The predicted octanol–water partition coefficient (Wildman–Crippen LogP) is 2.46. The van der Waals surface area contributed by atoms with E-state index in [0.717, 1.165) is 6.42 Å². The molecule has 1 saturated carbocycles. The lowest BCUT2D eigenvalue weighted by Gasteiger charge is -2.19. The van der Waals surface area contributed by atoms with E-state index in [9.17, 15) is 4.79 Å². The Bertz CT molecular complexity index is 398. The molecule has 17 heavy (non-hydrogen) atoms. The van der Waals surface area contributed by atoms with E-state index in [1.165, 1.54) is 5.56 Å². The molecule has 1 N–H and O–H groups in total. The van der Waals surface area contributed by atoms with E-state index in [2.05, 4.69) is 10.3 Å². The van der Waals surface area contributed by atoms with Gasteiger partial charge in [0.1, 0.15) is 5.60 Å². The smallest absolute Gasteiger partial charge is 0.407 e. The molecule has 1 heterocycles. The molecule has 1 fully saturated rings. The summed E-state index contributed by atoms with van der Waals surface area (Å²) in [5.41, 5.74) is 0.733. The van der Waals surface area contributed by atoms with Gasteiger partial charge in [-0.25, -0.2) is 4.79 Å². The van der Waals surface area contributed by atoms with Crippen molar-refractivity contribution in [1.29, 1.82) is 0 Å². The number of aromatic nitrogens is 1. The molecular formula is C13H18N2O2. The van der Waals surface area contributed by atoms with Crippen molar-refractivity contribution in [1.82, 2.24) is 10.3 Å². The minimum atomic E-state index is -0.442. The molecule has 4 nitrogen and oxygen atoms in total. The van der Waals surface area contributed by atoms with E-state index >= 15 is 0 Å². The van der Waals surface area contributed by atoms with Crippen LogP contribution in [0.2, 0.25) is 0 Å². The van der Waals surface area contributed by atoms with Crippen LogP contribution >= 0.6 is 0 Å². The summed E-state index contributed by atoms with van der Waals surface area (Å²) in [6.07, 6.45) is 4.23. The molecule has 0 bridgehead atoms. The van der Waals surface area contributed by atoms with Crippen LogP contribution in [0.4, 0.5) is 4.79 Å². The molecule has 1 aliphatic carbocycles. The van der Waals surface area contributed by atoms with Gasteiger partial charge >= 0.3 is 6.09 Å². The lowest BCUT2D eigenvalue weighted by molar-refractivity contribution is 0.0523. The van der Waals surface area contributed by atoms with Crippen LogP contribution in [0.5, 0.6) is 0 Å². The van der Waals surface area contributed by atoms with E-state index in [4.69, 9.17) is 4.74 Å². The largest absolute Gasteiger partial charge is 0.444 e. The Balaban J connectivity index is 1.83. The summed E-state index contributed by atoms with van der Waals surface area (Å²) in [6, 6.07) is 4.14. The van der Waals surface area contributed by atoms with Gasteiger partial charge in [0.25, 0.3) is 0 Å². The third-order valence-electron chi connectivity index (χ3n) is 2.61. The molecule has 1 unspecified atom stereocenters. The van der Waals surface area contributed by atoms with Crippen molar-refractivity contribution < 1.29 is 9.53 Å². The number of amides is 1. The second-order valence-electron chi connectivity index (χ2n) is 5.38. The first kappa shape index (κ1) is 11.9. The fourth-order valence-electron chi connectivity index (χ4n) is 1.78. The Morgan fingerprint density at radius 3 is 2.88 bits per heavy atom. The van der Waals surface area contributed by atoms with Crippen molar-refractivity contribution in [3.63, 3.8) is 0 Å². The predicted molar refractivity (Wildman–Crippen MR) is 64.8 cm³/mol. The van der Waals surface area contributed by atoms with Gasteiger partial charge in [0.15, 0.2) is 0 Å². The molecule has 0 saturated heterocycles. The Morgan fingerprint density at radius 2 is 2.29 bits per heavy atom. The Kier molecular flexibility index (Phi) is 3.05. The molecule has 1 aromatic heterocycles. The zero-order valence-electron chi connectivity index (χ0n) is 10.4. The van der Waals surface area contributed by atoms with Crippen molar-refractivity contribution >= 4 is 6.09 Å². The maximum Gasteiger partial charge on any atom is 0.407 e. The maximum atomic E-state index is 11.5. The molecule has 1 amide bonds. The van der Waals surface area contributed by atoms with Crippen molar-refractivity contribution in [3.8, 4) is 0 Å². The summed E-state index contributed by atoms with van der Waals surface area (Å²) >= 11 is 0. The second kappa shape index (κ2) is 4.35. The maximum absolute atomic E-state index is 11.5. The number of carbonyl (C=O) groups excluding carboxylic acids is 1. The van der Waals surface area contributed by atoms with Crippen LogP contribution < -0.4 is 5.32 Å². The van der Waals surface area contributed by atoms with Gasteiger partial charge in [0.05, 0.1) is 0 Å². The summed E-state index contributed by atoms with van der Waals surface area (Å²) in [7, 11) is 0. The van der Waals surface area contributed by atoms with Crippen LogP contribution in [0.25, 0.3) is 0 Å². The van der Waals surface area contributed by atoms with E-state index < -0.39 is 5.60 Å². The minimum absolute atomic E-state index is 0.189. The number of hydrogen-bond donors (Lipinski definition) is 1. The summed E-state index contributed by atoms with van der Waals surface area (Å²) in [6.45, 7) is 5.58. The first-order valence-corrected chi connectivity index (χ1v) is 5.85. The summed E-state index contributed by atoms with van der Waals surface area (Å²) in [4.78, 5) is 15.6. The fourth-order valence-corrected chi connectivity index (χ4v) is 1.78. The Hall–Kier alpha value is -1.58. The number of nitrogens with one attached hydrogen (secondary N) is 1. The molecule has 1 aliphatic rings. The van der Waals surface area contributed by atoms with Gasteiger partial charge < -0.3 is 10.1 Å². The third-order valence-corrected chi connectivity index (χ3v) is 2.61. The molecular weight excluding hydrogens is 216 g/mol. The summed E-state index contributed by atoms with van der Waals surface area (Å²) in [5, 5.41) is 2.87. The van der Waals surface area contributed by atoms with Crippen LogP contribution in [0, 0.1) is 0 Å². The van der Waals surface area contributed by atoms with Gasteiger partial charge in [0, 0.05) is 24.4 Å². The molecule has 0 spiro atoms. The highest BCUT2D eigenvalue weighted by atomic mass is 16.6. The molecule has 0 aliphatic heterocycles. The zero-order chi connectivity index (χ0) is 12.5. The number of pyridine rings is 1. The standard InChI is InChI=1S/C13H18N2O2/c1-13(2,3)17-12(16)15-11-7-10(11)9-5-4-6-14-8-9/h4-6,8,10-11H,7H2,1-3H3,(H,15,16)/t10-,11?/m1/s1. The zero-order valence-corrected chi connectivity index (χ0v) is 10.4. The highest BCUT2D eigenvalue weighted by molar-refractivity contribution is 5.69. The van der Waals surface area contributed by atoms with Crippen molar-refractivity contribution in [3.05, 3.63) is 30.1 Å². The van der Waals surface area contributed by atoms with Gasteiger partial charge in [-0.15, -0.1) is 0 Å². The average molecular weight is 234 g/mol. The van der Waals surface area contributed by atoms with Gasteiger partial charge in [-0.3, -0.25) is 4.98 Å². The number of rotatable bonds is 2. The van der Waals surface area contributed by atoms with Crippen LogP contribution in [-0.2, 0) is 4.74 Å². The number of alkyl carbamates (subject to hydrolysis) is 1. The van der Waals surface area contributed by atoms with Crippen molar-refractivity contribution in [2.75, 3.05) is 0 Å². The molecule has 0 radical (unpaired) electrons. The summed E-state index contributed by atoms with van der Waals surface area (Å²) < 4.78 is 5.21. The second-order valence-corrected chi connectivity index (χ2v) is 5.38. The SMILES string of the molecule is CC(C)(C)OC(=O)NC1C[C@@H]1c1cccnc1. The van der Waals surface area contributed by atoms with Crippen molar-refractivity contribution in [2.45, 2.75) is 44.8 Å². The number of hydrogen-bond acceptors (Lipinski definition) is 3. The first-order valence-electron chi connectivity index (χ1n) is 5.85. The quantitative estimate of drug-likeness (QED) is 0.855. The lowest BCUT2D eigenvalue weighted by atomic mass is 10.2. The normalized spacial score (nSPS) is 23.0. The van der Waals surface area contributed by atoms with E-state index in [1.54, 1.807) is 6.20 Å². The molecule has 4 heteroatoms.